The van der Waals surface area contributed by atoms with Crippen molar-refractivity contribution >= 4 is 0 Å². The van der Waals surface area contributed by atoms with Gasteiger partial charge in [-0.05, 0) is 24.8 Å². The summed E-state index contributed by atoms with van der Waals surface area (Å²) in [4.78, 5) is 0. The summed E-state index contributed by atoms with van der Waals surface area (Å²) < 4.78 is 39.6. The second kappa shape index (κ2) is 6.42. The number of rotatable bonds is 4. The number of hydrogen-bond acceptors (Lipinski definition) is 1. The lowest BCUT2D eigenvalue weighted by atomic mass is 9.84. The van der Waals surface area contributed by atoms with Gasteiger partial charge < -0.3 is 5.73 Å². The summed E-state index contributed by atoms with van der Waals surface area (Å²) in [6.45, 7) is 0. The van der Waals surface area contributed by atoms with E-state index in [1.807, 2.05) is 0 Å². The van der Waals surface area contributed by atoms with E-state index in [1.54, 1.807) is 0 Å². The largest absolute Gasteiger partial charge is 0.324 e. The molecule has 1 aromatic rings. The average Bonchev–Trinajstić information content (AvgIpc) is 2.43. The Morgan fingerprint density at radius 3 is 2.42 bits per heavy atom. The van der Waals surface area contributed by atoms with Gasteiger partial charge in [-0.1, -0.05) is 38.2 Å². The Balaban J connectivity index is 1.95. The molecule has 1 fully saturated rings. The molecule has 0 amide bonds. The van der Waals surface area contributed by atoms with Crippen LogP contribution in [0.3, 0.4) is 0 Å². The fraction of sp³-hybridized carbons (Fsp3) is 0.600. The van der Waals surface area contributed by atoms with Gasteiger partial charge in [-0.25, -0.2) is 13.2 Å². The zero-order valence-electron chi connectivity index (χ0n) is 11.0. The highest BCUT2D eigenvalue weighted by Crippen LogP contribution is 2.30. The lowest BCUT2D eigenvalue weighted by molar-refractivity contribution is 0.322. The second-order valence-corrected chi connectivity index (χ2v) is 5.45. The molecule has 0 aromatic heterocycles. The number of hydrogen-bond donors (Lipinski definition) is 1. The van der Waals surface area contributed by atoms with Crippen molar-refractivity contribution in [1.82, 2.24) is 0 Å². The fourth-order valence-corrected chi connectivity index (χ4v) is 2.87. The summed E-state index contributed by atoms with van der Waals surface area (Å²) in [6.07, 6.45) is 7.74. The highest BCUT2D eigenvalue weighted by atomic mass is 19.2. The quantitative estimate of drug-likeness (QED) is 0.804. The zero-order chi connectivity index (χ0) is 13.8. The van der Waals surface area contributed by atoms with E-state index in [0.717, 1.165) is 12.5 Å². The van der Waals surface area contributed by atoms with Gasteiger partial charge in [0.05, 0.1) is 0 Å². The minimum Gasteiger partial charge on any atom is -0.324 e. The van der Waals surface area contributed by atoms with Crippen molar-refractivity contribution in [1.29, 1.82) is 0 Å². The van der Waals surface area contributed by atoms with Gasteiger partial charge in [0.1, 0.15) is 0 Å². The normalized spacial score (nSPS) is 18.5. The molecule has 0 aliphatic heterocycles. The Bertz CT molecular complexity index is 428. The van der Waals surface area contributed by atoms with Crippen LogP contribution in [-0.4, -0.2) is 0 Å². The molecule has 0 saturated heterocycles. The van der Waals surface area contributed by atoms with E-state index in [0.29, 0.717) is 12.3 Å². The van der Waals surface area contributed by atoms with Gasteiger partial charge >= 0.3 is 0 Å². The number of benzene rings is 1. The van der Waals surface area contributed by atoms with E-state index in [1.165, 1.54) is 38.2 Å². The highest BCUT2D eigenvalue weighted by molar-refractivity contribution is 5.23. The van der Waals surface area contributed by atoms with E-state index in [9.17, 15) is 13.2 Å². The molecule has 1 aromatic carbocycles. The molecule has 4 heteroatoms. The van der Waals surface area contributed by atoms with E-state index in [-0.39, 0.29) is 5.56 Å². The summed E-state index contributed by atoms with van der Waals surface area (Å²) in [7, 11) is 0. The first kappa shape index (κ1) is 14.4. The molecule has 1 aliphatic rings. The van der Waals surface area contributed by atoms with Gasteiger partial charge in [-0.2, -0.15) is 0 Å². The van der Waals surface area contributed by atoms with Crippen molar-refractivity contribution in [3.63, 3.8) is 0 Å². The maximum atomic E-state index is 13.6. The molecule has 106 valence electrons. The van der Waals surface area contributed by atoms with Gasteiger partial charge in [0.15, 0.2) is 17.5 Å². The van der Waals surface area contributed by atoms with Crippen LogP contribution in [0.4, 0.5) is 13.2 Å². The predicted molar refractivity (Wildman–Crippen MR) is 69.1 cm³/mol. The molecule has 2 rings (SSSR count). The van der Waals surface area contributed by atoms with E-state index in [2.05, 4.69) is 0 Å². The van der Waals surface area contributed by atoms with Gasteiger partial charge in [0, 0.05) is 11.6 Å². The molecule has 0 bridgehead atoms. The summed E-state index contributed by atoms with van der Waals surface area (Å²) in [5.74, 6) is -3.09. The number of nitrogens with two attached hydrogens (primary N) is 1. The second-order valence-electron chi connectivity index (χ2n) is 5.45. The molecule has 1 unspecified atom stereocenters. The van der Waals surface area contributed by atoms with Crippen LogP contribution in [0.25, 0.3) is 0 Å². The Labute approximate surface area is 112 Å². The summed E-state index contributed by atoms with van der Waals surface area (Å²) in [5, 5.41) is 0. The van der Waals surface area contributed by atoms with Crippen LogP contribution in [0, 0.1) is 23.4 Å². The molecule has 0 radical (unpaired) electrons. The highest BCUT2D eigenvalue weighted by Gasteiger charge is 2.20. The third kappa shape index (κ3) is 3.50. The van der Waals surface area contributed by atoms with Crippen LogP contribution < -0.4 is 5.73 Å². The maximum Gasteiger partial charge on any atom is 0.194 e. The Morgan fingerprint density at radius 2 is 1.74 bits per heavy atom. The Kier molecular flexibility index (Phi) is 4.86. The van der Waals surface area contributed by atoms with Gasteiger partial charge in [0.25, 0.3) is 0 Å². The van der Waals surface area contributed by atoms with Gasteiger partial charge in [0.2, 0.25) is 0 Å². The average molecular weight is 271 g/mol. The molecule has 0 spiro atoms. The van der Waals surface area contributed by atoms with Crippen LogP contribution >= 0.6 is 0 Å². The first-order valence-electron chi connectivity index (χ1n) is 6.98. The van der Waals surface area contributed by atoms with E-state index in [4.69, 9.17) is 5.73 Å². The van der Waals surface area contributed by atoms with E-state index < -0.39 is 23.5 Å². The summed E-state index contributed by atoms with van der Waals surface area (Å²) in [6, 6.07) is 1.63. The molecule has 0 heterocycles. The van der Waals surface area contributed by atoms with Crippen LogP contribution in [0.5, 0.6) is 0 Å². The van der Waals surface area contributed by atoms with Crippen molar-refractivity contribution in [3.05, 3.63) is 35.1 Å². The zero-order valence-corrected chi connectivity index (χ0v) is 11.0. The van der Waals surface area contributed by atoms with Crippen LogP contribution in [0.1, 0.15) is 56.6 Å². The standard InChI is InChI=1S/C15H20F3N/c16-12-8-7-11(14(17)15(12)18)13(19)9-6-10-4-2-1-3-5-10/h7-8,10,13H,1-6,9,19H2. The van der Waals surface area contributed by atoms with Crippen LogP contribution in [-0.2, 0) is 0 Å². The molecule has 19 heavy (non-hydrogen) atoms. The first-order valence-corrected chi connectivity index (χ1v) is 6.98. The van der Waals surface area contributed by atoms with Crippen molar-refractivity contribution in [2.45, 2.75) is 51.0 Å². The molecule has 1 saturated carbocycles. The predicted octanol–water partition coefficient (Wildman–Crippen LogP) is 4.46. The van der Waals surface area contributed by atoms with Gasteiger partial charge in [-0.3, -0.25) is 0 Å². The SMILES string of the molecule is NC(CCC1CCCCC1)c1ccc(F)c(F)c1F. The third-order valence-corrected chi connectivity index (χ3v) is 4.08. The van der Waals surface area contributed by atoms with Gasteiger partial charge in [-0.15, -0.1) is 0 Å². The first-order chi connectivity index (χ1) is 9.09. The molecular weight excluding hydrogens is 251 g/mol. The van der Waals surface area contributed by atoms with Crippen molar-refractivity contribution < 1.29 is 13.2 Å². The maximum absolute atomic E-state index is 13.6. The third-order valence-electron chi connectivity index (χ3n) is 4.08. The molecule has 1 nitrogen and oxygen atoms in total. The van der Waals surface area contributed by atoms with Crippen molar-refractivity contribution in [2.24, 2.45) is 11.7 Å². The number of halogens is 3. The Morgan fingerprint density at radius 1 is 1.05 bits per heavy atom. The molecule has 2 N–H and O–H groups in total. The molecular formula is C15H20F3N. The minimum absolute atomic E-state index is 0.0784. The topological polar surface area (TPSA) is 26.0 Å². The van der Waals surface area contributed by atoms with E-state index >= 15 is 0 Å². The Hall–Kier alpha value is -1.03. The molecule has 1 aliphatic carbocycles. The fourth-order valence-electron chi connectivity index (χ4n) is 2.87. The van der Waals surface area contributed by atoms with Crippen molar-refractivity contribution in [3.8, 4) is 0 Å². The smallest absolute Gasteiger partial charge is 0.194 e. The lowest BCUT2D eigenvalue weighted by Gasteiger charge is -2.23. The lowest BCUT2D eigenvalue weighted by Crippen LogP contribution is -2.16. The minimum atomic E-state index is -1.43. The molecule has 1 atom stereocenters. The summed E-state index contributed by atoms with van der Waals surface area (Å²) >= 11 is 0. The summed E-state index contributed by atoms with van der Waals surface area (Å²) in [5.41, 5.74) is 5.98. The van der Waals surface area contributed by atoms with Crippen LogP contribution in [0.15, 0.2) is 12.1 Å². The van der Waals surface area contributed by atoms with Crippen LogP contribution in [0.2, 0.25) is 0 Å². The monoisotopic (exact) mass is 271 g/mol. The van der Waals surface area contributed by atoms with Crippen molar-refractivity contribution in [2.75, 3.05) is 0 Å².